The molecule has 4 aromatic carbocycles. The van der Waals surface area contributed by atoms with Gasteiger partial charge in [0.05, 0.1) is 25.2 Å². The number of carboxylic acids is 1. The fourth-order valence-electron chi connectivity index (χ4n) is 5.79. The second kappa shape index (κ2) is 14.8. The Balaban J connectivity index is 1.32. The maximum atomic E-state index is 12.0. The predicted octanol–water partition coefficient (Wildman–Crippen LogP) is 6.30. The Morgan fingerprint density at radius 1 is 0.867 bits per heavy atom. The second-order valence-corrected chi connectivity index (χ2v) is 12.0. The molecule has 8 nitrogen and oxygen atoms in total. The molecule has 1 heterocycles. The van der Waals surface area contributed by atoms with Crippen LogP contribution in [0.2, 0.25) is 0 Å². The second-order valence-electron chi connectivity index (χ2n) is 12.0. The molecular formula is C37H42N2O6. The van der Waals surface area contributed by atoms with Crippen LogP contribution in [-0.4, -0.2) is 46.7 Å². The van der Waals surface area contributed by atoms with Crippen LogP contribution in [0, 0.1) is 5.92 Å². The van der Waals surface area contributed by atoms with Crippen LogP contribution in [0.4, 0.5) is 0 Å². The van der Waals surface area contributed by atoms with Gasteiger partial charge in [-0.15, -0.1) is 0 Å². The minimum Gasteiger partial charge on any atom is -0.481 e. The van der Waals surface area contributed by atoms with Crippen LogP contribution in [0.15, 0.2) is 91.0 Å². The lowest BCUT2D eigenvalue weighted by Crippen LogP contribution is -2.44. The molecule has 5 rings (SSSR count). The Morgan fingerprint density at radius 3 is 2.22 bits per heavy atom. The zero-order valence-electron chi connectivity index (χ0n) is 26.1. The number of carbonyl (C=O) groups is 2. The zero-order chi connectivity index (χ0) is 31.9. The zero-order valence-corrected chi connectivity index (χ0v) is 26.1. The quantitative estimate of drug-likeness (QED) is 0.173. The smallest absolute Gasteiger partial charge is 0.303 e. The Hall–Kier alpha value is -4.08. The Bertz CT molecular complexity index is 1590. The first-order valence-electron chi connectivity index (χ1n) is 15.5. The number of benzene rings is 4. The van der Waals surface area contributed by atoms with Crippen molar-refractivity contribution in [2.24, 2.45) is 5.92 Å². The molecule has 0 aromatic heterocycles. The molecule has 8 heteroatoms. The average Bonchev–Trinajstić information content (AvgIpc) is 3.07. The molecular weight excluding hydrogens is 568 g/mol. The summed E-state index contributed by atoms with van der Waals surface area (Å²) in [4.78, 5) is 25.0. The first-order valence-corrected chi connectivity index (χ1v) is 15.5. The molecule has 1 fully saturated rings. The van der Waals surface area contributed by atoms with E-state index >= 15 is 0 Å². The summed E-state index contributed by atoms with van der Waals surface area (Å²) in [5.74, 6) is -1.24. The summed E-state index contributed by atoms with van der Waals surface area (Å²) in [7, 11) is 2.13. The maximum absolute atomic E-state index is 12.0. The summed E-state index contributed by atoms with van der Waals surface area (Å²) in [6.45, 7) is 5.37. The van der Waals surface area contributed by atoms with E-state index in [9.17, 15) is 14.7 Å². The molecule has 5 unspecified atom stereocenters. The van der Waals surface area contributed by atoms with Gasteiger partial charge in [-0.3, -0.25) is 14.5 Å². The van der Waals surface area contributed by atoms with Crippen LogP contribution >= 0.6 is 0 Å². The third kappa shape index (κ3) is 8.15. The molecule has 0 spiro atoms. The monoisotopic (exact) mass is 610 g/mol. The van der Waals surface area contributed by atoms with Crippen molar-refractivity contribution in [3.05, 3.63) is 119 Å². The van der Waals surface area contributed by atoms with Gasteiger partial charge in [0.2, 0.25) is 5.91 Å². The summed E-state index contributed by atoms with van der Waals surface area (Å²) in [6, 6.07) is 30.8. The van der Waals surface area contributed by atoms with E-state index in [0.29, 0.717) is 13.1 Å². The van der Waals surface area contributed by atoms with Crippen molar-refractivity contribution in [3.8, 4) is 0 Å². The maximum Gasteiger partial charge on any atom is 0.303 e. The van der Waals surface area contributed by atoms with Crippen LogP contribution in [-0.2, 0) is 32.2 Å². The Kier molecular flexibility index (Phi) is 10.6. The molecule has 0 saturated carbocycles. The predicted molar refractivity (Wildman–Crippen MR) is 173 cm³/mol. The molecule has 3 N–H and O–H groups in total. The largest absolute Gasteiger partial charge is 0.481 e. The van der Waals surface area contributed by atoms with Crippen LogP contribution in [0.25, 0.3) is 10.8 Å². The number of nitrogens with zero attached hydrogens (tertiary/aromatic N) is 1. The number of likely N-dealkylation sites (N-methyl/N-ethyl adjacent to an activating group) is 1. The highest BCUT2D eigenvalue weighted by Gasteiger charge is 2.39. The number of aliphatic carboxylic acids is 1. The molecule has 0 bridgehead atoms. The number of ether oxygens (including phenoxy) is 2. The normalized spacial score (nSPS) is 20.6. The van der Waals surface area contributed by atoms with E-state index in [2.05, 4.69) is 73.6 Å². The summed E-state index contributed by atoms with van der Waals surface area (Å²) < 4.78 is 13.3. The van der Waals surface area contributed by atoms with E-state index < -0.39 is 12.3 Å². The SMILES string of the molecule is CC1C(CN(C)C(C)c2ccc3ccccc3c2)OC(c2ccc(CNC(=O)CCC(=O)O)cc2)OC1c1ccc(CO)cc1. The van der Waals surface area contributed by atoms with Gasteiger partial charge in [0, 0.05) is 37.0 Å². The van der Waals surface area contributed by atoms with Crippen LogP contribution in [0.3, 0.4) is 0 Å². The summed E-state index contributed by atoms with van der Waals surface area (Å²) in [5.41, 5.74) is 4.89. The Morgan fingerprint density at radius 2 is 1.53 bits per heavy atom. The van der Waals surface area contributed by atoms with Gasteiger partial charge in [0.25, 0.3) is 0 Å². The van der Waals surface area contributed by atoms with Gasteiger partial charge >= 0.3 is 5.97 Å². The molecule has 236 valence electrons. The molecule has 1 saturated heterocycles. The van der Waals surface area contributed by atoms with Gasteiger partial charge in [-0.1, -0.05) is 91.9 Å². The summed E-state index contributed by atoms with van der Waals surface area (Å²) in [6.07, 6.45) is -1.20. The minimum absolute atomic E-state index is 0.0143. The lowest BCUT2D eigenvalue weighted by molar-refractivity contribution is -0.276. The van der Waals surface area contributed by atoms with Gasteiger partial charge in [-0.25, -0.2) is 0 Å². The van der Waals surface area contributed by atoms with Gasteiger partial charge in [-0.2, -0.15) is 0 Å². The first kappa shape index (κ1) is 32.3. The number of carbonyl (C=O) groups excluding carboxylic acids is 1. The van der Waals surface area contributed by atoms with E-state index in [-0.39, 0.29) is 49.5 Å². The molecule has 1 aliphatic rings. The van der Waals surface area contributed by atoms with E-state index in [4.69, 9.17) is 14.6 Å². The molecule has 4 aromatic rings. The number of rotatable bonds is 12. The number of nitrogens with one attached hydrogen (secondary N) is 1. The Labute approximate surface area is 264 Å². The van der Waals surface area contributed by atoms with Crippen molar-refractivity contribution in [2.45, 2.75) is 64.4 Å². The highest BCUT2D eigenvalue weighted by atomic mass is 16.7. The van der Waals surface area contributed by atoms with Crippen molar-refractivity contribution in [3.63, 3.8) is 0 Å². The third-order valence-corrected chi connectivity index (χ3v) is 8.82. The van der Waals surface area contributed by atoms with Gasteiger partial charge in [0.1, 0.15) is 0 Å². The van der Waals surface area contributed by atoms with Gasteiger partial charge < -0.3 is 25.0 Å². The van der Waals surface area contributed by atoms with E-state index in [0.717, 1.165) is 22.3 Å². The first-order chi connectivity index (χ1) is 21.7. The summed E-state index contributed by atoms with van der Waals surface area (Å²) in [5, 5.41) is 23.6. The highest BCUT2D eigenvalue weighted by Crippen LogP contribution is 2.42. The fraction of sp³-hybridized carbons (Fsp3) is 0.351. The van der Waals surface area contributed by atoms with E-state index in [1.165, 1.54) is 16.3 Å². The van der Waals surface area contributed by atoms with Crippen molar-refractivity contribution < 1.29 is 29.3 Å². The number of amides is 1. The topological polar surface area (TPSA) is 108 Å². The molecule has 1 amide bonds. The van der Waals surface area contributed by atoms with Crippen LogP contribution < -0.4 is 5.32 Å². The fourth-order valence-corrected chi connectivity index (χ4v) is 5.79. The minimum atomic E-state index is -0.994. The van der Waals surface area contributed by atoms with Gasteiger partial charge in [0.15, 0.2) is 6.29 Å². The standard InChI is InChI=1S/C37H42N2O6/c1-24-33(22-39(3)25(2)31-17-16-28-6-4-5-7-32(28)20-31)44-37(45-36(24)29-12-10-27(23-40)11-13-29)30-14-8-26(9-15-30)21-38-34(41)18-19-35(42)43/h4-17,20,24-25,33,36-37,40H,18-19,21-23H2,1-3H3,(H,38,41)(H,42,43). The third-order valence-electron chi connectivity index (χ3n) is 8.82. The number of fused-ring (bicyclic) bond motifs is 1. The van der Waals surface area contributed by atoms with Crippen LogP contribution in [0.1, 0.15) is 72.9 Å². The number of carboxylic acid groups (broad SMARTS) is 1. The van der Waals surface area contributed by atoms with Crippen molar-refractivity contribution in [2.75, 3.05) is 13.6 Å². The lowest BCUT2D eigenvalue weighted by Gasteiger charge is -2.43. The lowest BCUT2D eigenvalue weighted by atomic mass is 9.89. The highest BCUT2D eigenvalue weighted by molar-refractivity contribution is 5.83. The number of aliphatic hydroxyl groups is 1. The van der Waals surface area contributed by atoms with E-state index in [1.807, 2.05) is 48.5 Å². The van der Waals surface area contributed by atoms with Crippen molar-refractivity contribution in [1.82, 2.24) is 10.2 Å². The number of hydrogen-bond donors (Lipinski definition) is 3. The van der Waals surface area contributed by atoms with Crippen molar-refractivity contribution >= 4 is 22.6 Å². The van der Waals surface area contributed by atoms with Gasteiger partial charge in [-0.05, 0) is 53.1 Å². The molecule has 1 aliphatic heterocycles. The molecule has 45 heavy (non-hydrogen) atoms. The number of hydrogen-bond acceptors (Lipinski definition) is 6. The summed E-state index contributed by atoms with van der Waals surface area (Å²) >= 11 is 0. The molecule has 5 atom stereocenters. The molecule has 0 aliphatic carbocycles. The van der Waals surface area contributed by atoms with E-state index in [1.54, 1.807) is 0 Å². The molecule has 0 radical (unpaired) electrons. The number of aliphatic hydroxyl groups excluding tert-OH is 1. The van der Waals surface area contributed by atoms with Crippen molar-refractivity contribution in [1.29, 1.82) is 0 Å². The van der Waals surface area contributed by atoms with Crippen LogP contribution in [0.5, 0.6) is 0 Å². The average molecular weight is 611 g/mol.